The Hall–Kier alpha value is -0.210. The minimum atomic E-state index is 0.469. The van der Waals surface area contributed by atoms with Gasteiger partial charge in [0.1, 0.15) is 0 Å². The van der Waals surface area contributed by atoms with E-state index < -0.39 is 0 Å². The van der Waals surface area contributed by atoms with Gasteiger partial charge in [0.05, 0.1) is 5.69 Å². The molecule has 0 spiro atoms. The van der Waals surface area contributed by atoms with Gasteiger partial charge in [0.2, 0.25) is 0 Å². The summed E-state index contributed by atoms with van der Waals surface area (Å²) in [6.07, 6.45) is 2.64. The highest BCUT2D eigenvalue weighted by atomic mass is 79.9. The molecule has 0 amide bonds. The average molecular weight is 303 g/mol. The van der Waals surface area contributed by atoms with Gasteiger partial charge in [-0.2, -0.15) is 0 Å². The lowest BCUT2D eigenvalue weighted by molar-refractivity contribution is 0.493. The van der Waals surface area contributed by atoms with Crippen LogP contribution in [0.1, 0.15) is 32.3 Å². The lowest BCUT2D eigenvalue weighted by Gasteiger charge is -2.22. The van der Waals surface area contributed by atoms with Gasteiger partial charge in [-0.3, -0.25) is 0 Å². The van der Waals surface area contributed by atoms with Gasteiger partial charge in [-0.15, -0.1) is 0 Å². The molecular weight excluding hydrogens is 286 g/mol. The fraction of sp³-hybridized carbons (Fsp3) is 0.538. The molecule has 16 heavy (non-hydrogen) atoms. The SMILES string of the molecule is Cc1cc(Br)c(NC(C)C2(C)CC2)cc1Cl. The Morgan fingerprint density at radius 2 is 2.06 bits per heavy atom. The largest absolute Gasteiger partial charge is 0.381 e. The van der Waals surface area contributed by atoms with Crippen LogP contribution in [-0.4, -0.2) is 6.04 Å². The van der Waals surface area contributed by atoms with Crippen molar-refractivity contribution in [3.63, 3.8) is 0 Å². The third kappa shape index (κ3) is 2.38. The summed E-state index contributed by atoms with van der Waals surface area (Å²) < 4.78 is 1.09. The first-order valence-electron chi connectivity index (χ1n) is 5.64. The van der Waals surface area contributed by atoms with E-state index in [-0.39, 0.29) is 0 Å². The van der Waals surface area contributed by atoms with Crippen LogP contribution in [0.2, 0.25) is 5.02 Å². The van der Waals surface area contributed by atoms with E-state index in [1.165, 1.54) is 12.8 Å². The summed E-state index contributed by atoms with van der Waals surface area (Å²) in [7, 11) is 0. The van der Waals surface area contributed by atoms with E-state index in [2.05, 4.69) is 41.2 Å². The fourth-order valence-electron chi connectivity index (χ4n) is 1.79. The molecule has 2 rings (SSSR count). The number of rotatable bonds is 3. The average Bonchev–Trinajstić information content (AvgIpc) is 2.94. The van der Waals surface area contributed by atoms with Gasteiger partial charge in [0.25, 0.3) is 0 Å². The molecule has 1 aliphatic carbocycles. The number of benzene rings is 1. The monoisotopic (exact) mass is 301 g/mol. The molecule has 1 unspecified atom stereocenters. The van der Waals surface area contributed by atoms with Gasteiger partial charge < -0.3 is 5.32 Å². The molecule has 0 heterocycles. The van der Waals surface area contributed by atoms with E-state index in [0.717, 1.165) is 20.7 Å². The molecule has 0 saturated heterocycles. The first kappa shape index (κ1) is 12.3. The predicted molar refractivity (Wildman–Crippen MR) is 74.3 cm³/mol. The van der Waals surface area contributed by atoms with Crippen molar-refractivity contribution in [1.82, 2.24) is 0 Å². The summed E-state index contributed by atoms with van der Waals surface area (Å²) >= 11 is 9.71. The Bertz CT molecular complexity index is 413. The first-order chi connectivity index (χ1) is 7.42. The van der Waals surface area contributed by atoms with Crippen LogP contribution in [0, 0.1) is 12.3 Å². The molecule has 0 radical (unpaired) electrons. The lowest BCUT2D eigenvalue weighted by Crippen LogP contribution is -2.25. The highest BCUT2D eigenvalue weighted by molar-refractivity contribution is 9.10. The maximum atomic E-state index is 6.14. The second kappa shape index (κ2) is 4.23. The van der Waals surface area contributed by atoms with Gasteiger partial charge in [-0.05, 0) is 65.7 Å². The second-order valence-electron chi connectivity index (χ2n) is 5.10. The molecular formula is C13H17BrClN. The van der Waals surface area contributed by atoms with Crippen molar-refractivity contribution >= 4 is 33.2 Å². The maximum absolute atomic E-state index is 6.14. The van der Waals surface area contributed by atoms with Crippen LogP contribution in [0.3, 0.4) is 0 Å². The van der Waals surface area contributed by atoms with Gasteiger partial charge >= 0.3 is 0 Å². The molecule has 1 saturated carbocycles. The molecule has 1 aromatic rings. The summed E-state index contributed by atoms with van der Waals surface area (Å²) in [5, 5.41) is 4.37. The lowest BCUT2D eigenvalue weighted by atomic mass is 10.0. The summed E-state index contributed by atoms with van der Waals surface area (Å²) in [6, 6.07) is 4.55. The van der Waals surface area contributed by atoms with Crippen LogP contribution in [-0.2, 0) is 0 Å². The van der Waals surface area contributed by atoms with Gasteiger partial charge in [0, 0.05) is 15.5 Å². The van der Waals surface area contributed by atoms with Gasteiger partial charge in [0.15, 0.2) is 0 Å². The summed E-state index contributed by atoms with van der Waals surface area (Å²) in [5.41, 5.74) is 2.66. The Balaban J connectivity index is 2.18. The van der Waals surface area contributed by atoms with Crippen LogP contribution < -0.4 is 5.32 Å². The molecule has 0 aliphatic heterocycles. The van der Waals surface area contributed by atoms with E-state index in [4.69, 9.17) is 11.6 Å². The highest BCUT2D eigenvalue weighted by Gasteiger charge is 2.42. The topological polar surface area (TPSA) is 12.0 Å². The molecule has 0 aromatic heterocycles. The number of halogens is 2. The summed E-state index contributed by atoms with van der Waals surface area (Å²) in [6.45, 7) is 6.59. The molecule has 1 nitrogen and oxygen atoms in total. The normalized spacial score (nSPS) is 19.3. The Labute approximate surface area is 111 Å². The molecule has 1 aromatic carbocycles. The number of aryl methyl sites for hydroxylation is 1. The third-order valence-corrected chi connectivity index (χ3v) is 4.77. The van der Waals surface area contributed by atoms with Crippen molar-refractivity contribution in [3.8, 4) is 0 Å². The number of hydrogen-bond acceptors (Lipinski definition) is 1. The van der Waals surface area contributed by atoms with Crippen molar-refractivity contribution in [2.45, 2.75) is 39.7 Å². The molecule has 88 valence electrons. The van der Waals surface area contributed by atoms with Crippen molar-refractivity contribution < 1.29 is 0 Å². The molecule has 3 heteroatoms. The van der Waals surface area contributed by atoms with Crippen molar-refractivity contribution in [1.29, 1.82) is 0 Å². The minimum Gasteiger partial charge on any atom is -0.381 e. The van der Waals surface area contributed by atoms with Crippen molar-refractivity contribution in [2.75, 3.05) is 5.32 Å². The van der Waals surface area contributed by atoms with Crippen molar-refractivity contribution in [2.24, 2.45) is 5.41 Å². The Morgan fingerprint density at radius 1 is 1.44 bits per heavy atom. The fourth-order valence-corrected chi connectivity index (χ4v) is 2.53. The first-order valence-corrected chi connectivity index (χ1v) is 6.82. The molecule has 1 aliphatic rings. The van der Waals surface area contributed by atoms with E-state index in [9.17, 15) is 0 Å². The van der Waals surface area contributed by atoms with E-state index in [1.807, 2.05) is 13.0 Å². The van der Waals surface area contributed by atoms with Crippen LogP contribution in [0.25, 0.3) is 0 Å². The van der Waals surface area contributed by atoms with Gasteiger partial charge in [-0.1, -0.05) is 18.5 Å². The minimum absolute atomic E-state index is 0.469. The second-order valence-corrected chi connectivity index (χ2v) is 6.36. The smallest absolute Gasteiger partial charge is 0.0502 e. The summed E-state index contributed by atoms with van der Waals surface area (Å²) in [5.74, 6) is 0. The molecule has 1 N–H and O–H groups in total. The zero-order valence-electron chi connectivity index (χ0n) is 9.90. The maximum Gasteiger partial charge on any atom is 0.0502 e. The number of nitrogens with one attached hydrogen (secondary N) is 1. The van der Waals surface area contributed by atoms with Crippen LogP contribution in [0.15, 0.2) is 16.6 Å². The van der Waals surface area contributed by atoms with Crippen LogP contribution in [0.4, 0.5) is 5.69 Å². The quantitative estimate of drug-likeness (QED) is 0.827. The Morgan fingerprint density at radius 3 is 2.62 bits per heavy atom. The predicted octanol–water partition coefficient (Wildman–Crippen LogP) is 5.01. The van der Waals surface area contributed by atoms with Crippen molar-refractivity contribution in [3.05, 3.63) is 27.2 Å². The molecule has 0 bridgehead atoms. The highest BCUT2D eigenvalue weighted by Crippen LogP contribution is 2.49. The zero-order valence-corrected chi connectivity index (χ0v) is 12.2. The van der Waals surface area contributed by atoms with E-state index in [1.54, 1.807) is 0 Å². The molecule has 1 fully saturated rings. The Kier molecular flexibility index (Phi) is 3.24. The van der Waals surface area contributed by atoms with E-state index in [0.29, 0.717) is 11.5 Å². The van der Waals surface area contributed by atoms with Crippen LogP contribution >= 0.6 is 27.5 Å². The third-order valence-electron chi connectivity index (χ3n) is 3.70. The van der Waals surface area contributed by atoms with E-state index >= 15 is 0 Å². The standard InChI is InChI=1S/C13H17BrClN/c1-8-6-10(14)12(7-11(8)15)16-9(2)13(3)4-5-13/h6-7,9,16H,4-5H2,1-3H3. The zero-order chi connectivity index (χ0) is 11.9. The molecule has 1 atom stereocenters. The number of anilines is 1. The number of hydrogen-bond donors (Lipinski definition) is 1. The van der Waals surface area contributed by atoms with Gasteiger partial charge in [-0.25, -0.2) is 0 Å². The summed E-state index contributed by atoms with van der Waals surface area (Å²) in [4.78, 5) is 0. The van der Waals surface area contributed by atoms with Crippen LogP contribution in [0.5, 0.6) is 0 Å².